The van der Waals surface area contributed by atoms with Crippen LogP contribution in [0.5, 0.6) is 0 Å². The van der Waals surface area contributed by atoms with Crippen LogP contribution in [0, 0.1) is 11.3 Å². The molecule has 6 heteroatoms. The second-order valence-electron chi connectivity index (χ2n) is 13.0. The summed E-state index contributed by atoms with van der Waals surface area (Å²) in [4.78, 5) is 13.9. The zero-order valence-electron chi connectivity index (χ0n) is 25.3. The minimum Gasteiger partial charge on any atom is -0.477 e. The molecule has 45 heavy (non-hydrogen) atoms. The molecule has 2 atom stereocenters. The summed E-state index contributed by atoms with van der Waals surface area (Å²) in [6.07, 6.45) is 9.34. The van der Waals surface area contributed by atoms with Gasteiger partial charge in [0.2, 0.25) is 0 Å². The van der Waals surface area contributed by atoms with E-state index >= 15 is 0 Å². The molecule has 4 aromatic rings. The van der Waals surface area contributed by atoms with E-state index in [1.54, 1.807) is 11.6 Å². The van der Waals surface area contributed by atoms with Crippen molar-refractivity contribution >= 4 is 40.5 Å². The number of benzene rings is 3. The molecule has 4 nitrogen and oxygen atoms in total. The molecule has 2 aliphatic carbocycles. The third kappa shape index (κ3) is 4.45. The van der Waals surface area contributed by atoms with Gasteiger partial charge in [0, 0.05) is 28.7 Å². The highest BCUT2D eigenvalue weighted by Crippen LogP contribution is 2.53. The fourth-order valence-corrected chi connectivity index (χ4v) is 11.2. The van der Waals surface area contributed by atoms with Crippen LogP contribution >= 0.6 is 0 Å². The average molecular weight is 617 g/mol. The summed E-state index contributed by atoms with van der Waals surface area (Å²) in [7, 11) is -0.679. The third-order valence-electron chi connectivity index (χ3n) is 10.2. The lowest BCUT2D eigenvalue weighted by Gasteiger charge is -2.27. The second kappa shape index (κ2) is 10.5. The zero-order valence-corrected chi connectivity index (χ0v) is 27.3. The third-order valence-corrected chi connectivity index (χ3v) is 13.7. The van der Waals surface area contributed by atoms with E-state index in [1.165, 1.54) is 69.4 Å². The van der Waals surface area contributed by atoms with Gasteiger partial charge in [-0.15, -0.1) is 0 Å². The van der Waals surface area contributed by atoms with E-state index in [1.807, 2.05) is 6.08 Å². The summed E-state index contributed by atoms with van der Waals surface area (Å²) in [6.45, 7) is 4.68. The van der Waals surface area contributed by atoms with Crippen LogP contribution in [0.4, 0.5) is 11.4 Å². The van der Waals surface area contributed by atoms with Crippen molar-refractivity contribution in [3.63, 3.8) is 0 Å². The number of carbonyl (C=O) groups is 1. The van der Waals surface area contributed by atoms with Crippen LogP contribution in [0.25, 0.3) is 21.5 Å². The molecule has 0 amide bonds. The van der Waals surface area contributed by atoms with Crippen molar-refractivity contribution in [2.24, 2.45) is 0 Å². The molecule has 1 saturated carbocycles. The predicted octanol–water partition coefficient (Wildman–Crippen LogP) is 8.27. The molecule has 1 fully saturated rings. The first-order valence-corrected chi connectivity index (χ1v) is 18.3. The number of aliphatic carboxylic acids is 1. The van der Waals surface area contributed by atoms with Crippen molar-refractivity contribution in [2.75, 3.05) is 4.90 Å². The summed E-state index contributed by atoms with van der Waals surface area (Å²) in [5, 5.41) is 21.9. The Morgan fingerprint density at radius 2 is 1.80 bits per heavy atom. The molecule has 3 aromatic carbocycles. The molecule has 2 radical (unpaired) electrons. The summed E-state index contributed by atoms with van der Waals surface area (Å²) >= 11 is 0. The molecule has 3 heterocycles. The minimum atomic E-state index is -1.19. The number of hydrogen-bond donors (Lipinski definition) is 1. The standard InChI is InChI=1S/C39H32N2O2Si2/c1-39(2)33-20-24(37-16-12-27(44-37)19-25(22-40)38(42)43)11-14-29(33)30-15-13-28(21-34(30)39)45-18-17-36-32(23-45)31-9-6-10-35(31)41(36)26-7-4-3-5-8-26/h3-5,7-8,11-21,23,31,35H,6,9-10H2,1-2H3,(H,42,43)/b25-19-. The number of anilines is 2. The highest BCUT2D eigenvalue weighted by Gasteiger charge is 2.42. The number of fused-ring (bicyclic) bond motifs is 6. The van der Waals surface area contributed by atoms with E-state index in [9.17, 15) is 15.2 Å². The van der Waals surface area contributed by atoms with Crippen LogP contribution in [0.15, 0.2) is 113 Å². The Morgan fingerprint density at radius 1 is 1.02 bits per heavy atom. The average Bonchev–Trinajstić information content (AvgIpc) is 3.83. The minimum absolute atomic E-state index is 0.133. The Morgan fingerprint density at radius 3 is 2.58 bits per heavy atom. The van der Waals surface area contributed by atoms with Gasteiger partial charge in [-0.1, -0.05) is 109 Å². The maximum absolute atomic E-state index is 11.3. The molecule has 0 spiro atoms. The van der Waals surface area contributed by atoms with Gasteiger partial charge < -0.3 is 10.0 Å². The Labute approximate surface area is 268 Å². The van der Waals surface area contributed by atoms with Gasteiger partial charge in [0.25, 0.3) is 0 Å². The molecular weight excluding hydrogens is 585 g/mol. The van der Waals surface area contributed by atoms with Gasteiger partial charge in [0.15, 0.2) is 0 Å². The fourth-order valence-electron chi connectivity index (χ4n) is 8.01. The lowest BCUT2D eigenvalue weighted by Crippen LogP contribution is -2.26. The first kappa shape index (κ1) is 27.9. The number of rotatable bonds is 5. The van der Waals surface area contributed by atoms with Gasteiger partial charge in [0.1, 0.15) is 21.2 Å². The number of allylic oxidation sites excluding steroid dienone is 4. The van der Waals surface area contributed by atoms with E-state index in [0.717, 1.165) is 10.8 Å². The topological polar surface area (TPSA) is 64.3 Å². The quantitative estimate of drug-likeness (QED) is 0.139. The van der Waals surface area contributed by atoms with Crippen LogP contribution in [0.2, 0.25) is 0 Å². The van der Waals surface area contributed by atoms with Crippen LogP contribution in [0.3, 0.4) is 0 Å². The molecule has 2 aliphatic heterocycles. The van der Waals surface area contributed by atoms with E-state index in [0.29, 0.717) is 21.5 Å². The molecule has 8 rings (SSSR count). The summed E-state index contributed by atoms with van der Waals surface area (Å²) in [5.41, 5.74) is 15.6. The molecule has 1 N–H and O–H groups in total. The van der Waals surface area contributed by atoms with Gasteiger partial charge in [-0.3, -0.25) is 0 Å². The Balaban J connectivity index is 1.10. The molecule has 218 valence electrons. The van der Waals surface area contributed by atoms with E-state index in [-0.39, 0.29) is 11.0 Å². The van der Waals surface area contributed by atoms with Crippen molar-refractivity contribution < 1.29 is 9.90 Å². The van der Waals surface area contributed by atoms with Crippen LogP contribution in [-0.2, 0) is 10.2 Å². The first-order valence-electron chi connectivity index (χ1n) is 15.7. The molecule has 0 saturated heterocycles. The van der Waals surface area contributed by atoms with Crippen molar-refractivity contribution in [1.82, 2.24) is 0 Å². The summed E-state index contributed by atoms with van der Waals surface area (Å²) in [6, 6.07) is 29.7. The fraction of sp³-hybridized carbons (Fsp3) is 0.205. The molecule has 2 unspecified atom stereocenters. The van der Waals surface area contributed by atoms with Crippen LogP contribution < -0.4 is 4.90 Å². The maximum atomic E-state index is 11.3. The first-order chi connectivity index (χ1) is 21.8. The van der Waals surface area contributed by atoms with Crippen molar-refractivity contribution in [3.05, 3.63) is 135 Å². The lowest BCUT2D eigenvalue weighted by atomic mass is 9.82. The Hall–Kier alpha value is -4.58. The number of carboxylic acid groups (broad SMARTS) is 1. The van der Waals surface area contributed by atoms with Gasteiger partial charge >= 0.3 is 5.97 Å². The molecule has 4 aliphatic rings. The van der Waals surface area contributed by atoms with Gasteiger partial charge in [-0.25, -0.2) is 4.79 Å². The summed E-state index contributed by atoms with van der Waals surface area (Å²) in [5.74, 6) is -0.556. The molecular formula is C39H32N2O2Si2. The van der Waals surface area contributed by atoms with Gasteiger partial charge in [-0.2, -0.15) is 5.26 Å². The highest BCUT2D eigenvalue weighted by molar-refractivity contribution is 6.70. The van der Waals surface area contributed by atoms with E-state index in [2.05, 4.69) is 109 Å². The second-order valence-corrected chi connectivity index (χ2v) is 16.5. The van der Waals surface area contributed by atoms with Crippen molar-refractivity contribution in [1.29, 1.82) is 5.26 Å². The monoisotopic (exact) mass is 616 g/mol. The summed E-state index contributed by atoms with van der Waals surface area (Å²) < 4.78 is 0. The number of carboxylic acids is 1. The van der Waals surface area contributed by atoms with E-state index < -0.39 is 14.4 Å². The Bertz CT molecular complexity index is 2050. The van der Waals surface area contributed by atoms with E-state index in [4.69, 9.17) is 0 Å². The number of hydrogen-bond acceptors (Lipinski definition) is 3. The smallest absolute Gasteiger partial charge is 0.346 e. The maximum Gasteiger partial charge on any atom is 0.346 e. The zero-order chi connectivity index (χ0) is 30.9. The largest absolute Gasteiger partial charge is 0.477 e. The van der Waals surface area contributed by atoms with Crippen molar-refractivity contribution in [2.45, 2.75) is 50.5 Å². The SMILES string of the molecule is CC1(C)c2cc(C3=CC=C(/C=C(/C#N)C(=O)O)[Si]3)ccc2-c2ccc(-[si]3ccc4c(c3)C3CCCC3N4c3ccccc3)cc21. The number of nitriles is 1. The highest BCUT2D eigenvalue weighted by atomic mass is 28.2. The van der Waals surface area contributed by atoms with Crippen molar-refractivity contribution in [3.8, 4) is 22.4 Å². The van der Waals surface area contributed by atoms with Crippen LogP contribution in [-0.4, -0.2) is 35.0 Å². The predicted molar refractivity (Wildman–Crippen MR) is 183 cm³/mol. The Kier molecular flexibility index (Phi) is 6.52. The lowest BCUT2D eigenvalue weighted by molar-refractivity contribution is -0.132. The van der Waals surface area contributed by atoms with Crippen LogP contribution in [0.1, 0.15) is 61.3 Å². The van der Waals surface area contributed by atoms with Gasteiger partial charge in [-0.05, 0) is 75.7 Å². The number of nitrogens with zero attached hydrogens (tertiary/aromatic N) is 2. The number of para-hydroxylation sites is 1. The van der Waals surface area contributed by atoms with Gasteiger partial charge in [0.05, 0.1) is 8.40 Å². The molecule has 0 bridgehead atoms. The molecule has 1 aromatic heterocycles. The normalized spacial score (nSPS) is 20.6.